The molecule has 66 valence electrons. The summed E-state index contributed by atoms with van der Waals surface area (Å²) < 4.78 is 36.2. The van der Waals surface area contributed by atoms with Crippen molar-refractivity contribution in [3.8, 4) is 0 Å². The van der Waals surface area contributed by atoms with E-state index in [-0.39, 0.29) is 6.42 Å². The maximum absolute atomic E-state index is 12.3. The number of carboxylic acid groups (broad SMARTS) is 1. The summed E-state index contributed by atoms with van der Waals surface area (Å²) in [5.74, 6) is -7.30. The zero-order valence-corrected chi connectivity index (χ0v) is 5.98. The molecule has 0 aromatic heterocycles. The van der Waals surface area contributed by atoms with Gasteiger partial charge in [0.15, 0.2) is 6.67 Å². The maximum atomic E-state index is 12.3. The quantitative estimate of drug-likeness (QED) is 0.697. The molecule has 1 N–H and O–H groups in total. The van der Waals surface area contributed by atoms with Gasteiger partial charge in [-0.3, -0.25) is 4.79 Å². The Labute approximate surface area is 62.0 Å². The number of carboxylic acids is 1. The standard InChI is InChI=1S/C6H9F3O2/c1-2-4(5(10)11)6(8,9)3-7/h4H,2-3H2,1H3,(H,10,11). The molecule has 0 radical (unpaired) electrons. The third-order valence-electron chi connectivity index (χ3n) is 1.39. The van der Waals surface area contributed by atoms with Crippen molar-refractivity contribution in [3.05, 3.63) is 0 Å². The molecule has 0 saturated carbocycles. The smallest absolute Gasteiger partial charge is 0.312 e. The minimum Gasteiger partial charge on any atom is -0.481 e. The summed E-state index contributed by atoms with van der Waals surface area (Å²) in [4.78, 5) is 10.1. The maximum Gasteiger partial charge on any atom is 0.312 e. The fourth-order valence-electron chi connectivity index (χ4n) is 0.747. The van der Waals surface area contributed by atoms with E-state index in [1.54, 1.807) is 0 Å². The van der Waals surface area contributed by atoms with Crippen LogP contribution in [0.15, 0.2) is 0 Å². The van der Waals surface area contributed by atoms with Gasteiger partial charge in [-0.1, -0.05) is 6.92 Å². The monoisotopic (exact) mass is 170 g/mol. The summed E-state index contributed by atoms with van der Waals surface area (Å²) in [7, 11) is 0. The lowest BCUT2D eigenvalue weighted by molar-refractivity contribution is -0.159. The van der Waals surface area contributed by atoms with Gasteiger partial charge in [-0.2, -0.15) is 0 Å². The van der Waals surface area contributed by atoms with Gasteiger partial charge in [0.25, 0.3) is 5.92 Å². The number of aliphatic carboxylic acids is 1. The predicted octanol–water partition coefficient (Wildman–Crippen LogP) is 1.70. The highest BCUT2D eigenvalue weighted by Crippen LogP contribution is 2.27. The van der Waals surface area contributed by atoms with Crippen LogP contribution < -0.4 is 0 Å². The van der Waals surface area contributed by atoms with E-state index in [0.717, 1.165) is 0 Å². The molecule has 0 amide bonds. The summed E-state index contributed by atoms with van der Waals surface area (Å²) in [5.41, 5.74) is 0. The first-order valence-corrected chi connectivity index (χ1v) is 3.12. The Bertz CT molecular complexity index is 147. The summed E-state index contributed by atoms with van der Waals surface area (Å²) in [6, 6.07) is 0. The van der Waals surface area contributed by atoms with Crippen LogP contribution in [0, 0.1) is 5.92 Å². The first-order valence-electron chi connectivity index (χ1n) is 3.12. The second kappa shape index (κ2) is 3.59. The van der Waals surface area contributed by atoms with E-state index in [4.69, 9.17) is 5.11 Å². The van der Waals surface area contributed by atoms with E-state index in [1.807, 2.05) is 0 Å². The molecule has 11 heavy (non-hydrogen) atoms. The molecule has 0 spiro atoms. The third kappa shape index (κ3) is 2.40. The minimum absolute atomic E-state index is 0.272. The molecule has 0 bridgehead atoms. The van der Waals surface area contributed by atoms with Crippen LogP contribution in [0.5, 0.6) is 0 Å². The van der Waals surface area contributed by atoms with Gasteiger partial charge >= 0.3 is 5.97 Å². The minimum atomic E-state index is -3.74. The summed E-state index contributed by atoms with van der Waals surface area (Å²) in [6.07, 6.45) is -0.272. The number of alkyl halides is 3. The Hall–Kier alpha value is -0.740. The van der Waals surface area contributed by atoms with Crippen LogP contribution in [0.1, 0.15) is 13.3 Å². The molecule has 0 aromatic carbocycles. The summed E-state index contributed by atoms with van der Waals surface area (Å²) >= 11 is 0. The van der Waals surface area contributed by atoms with Crippen LogP contribution in [0.2, 0.25) is 0 Å². The zero-order valence-electron chi connectivity index (χ0n) is 5.98. The Morgan fingerprint density at radius 2 is 2.09 bits per heavy atom. The molecule has 0 saturated heterocycles. The average molecular weight is 170 g/mol. The van der Waals surface area contributed by atoms with Crippen molar-refractivity contribution in [2.75, 3.05) is 6.67 Å². The average Bonchev–Trinajstić information content (AvgIpc) is 1.88. The second-order valence-electron chi connectivity index (χ2n) is 2.19. The highest BCUT2D eigenvalue weighted by atomic mass is 19.3. The van der Waals surface area contributed by atoms with Crippen molar-refractivity contribution in [2.24, 2.45) is 5.92 Å². The van der Waals surface area contributed by atoms with E-state index in [2.05, 4.69) is 0 Å². The van der Waals surface area contributed by atoms with Crippen molar-refractivity contribution >= 4 is 5.97 Å². The van der Waals surface area contributed by atoms with Gasteiger partial charge < -0.3 is 5.11 Å². The Morgan fingerprint density at radius 1 is 1.64 bits per heavy atom. The van der Waals surface area contributed by atoms with Crippen molar-refractivity contribution in [2.45, 2.75) is 19.3 Å². The van der Waals surface area contributed by atoms with E-state index in [1.165, 1.54) is 6.92 Å². The summed E-state index contributed by atoms with van der Waals surface area (Å²) in [5, 5.41) is 8.19. The Balaban J connectivity index is 4.36. The van der Waals surface area contributed by atoms with Gasteiger partial charge in [0.2, 0.25) is 0 Å². The largest absolute Gasteiger partial charge is 0.481 e. The van der Waals surface area contributed by atoms with Crippen LogP contribution in [0.25, 0.3) is 0 Å². The Kier molecular flexibility index (Phi) is 3.35. The normalized spacial score (nSPS) is 14.5. The molecule has 0 aromatic rings. The highest BCUT2D eigenvalue weighted by Gasteiger charge is 2.43. The summed E-state index contributed by atoms with van der Waals surface area (Å²) in [6.45, 7) is -0.639. The van der Waals surface area contributed by atoms with Crippen molar-refractivity contribution in [3.63, 3.8) is 0 Å². The molecule has 0 aliphatic rings. The zero-order chi connectivity index (χ0) is 9.07. The number of hydrogen-bond donors (Lipinski definition) is 1. The number of hydrogen-bond acceptors (Lipinski definition) is 1. The van der Waals surface area contributed by atoms with E-state index < -0.39 is 24.5 Å². The van der Waals surface area contributed by atoms with Crippen molar-refractivity contribution in [1.82, 2.24) is 0 Å². The molecule has 2 nitrogen and oxygen atoms in total. The molecular weight excluding hydrogens is 161 g/mol. The van der Waals surface area contributed by atoms with Gasteiger partial charge in [0, 0.05) is 0 Å². The lowest BCUT2D eigenvalue weighted by Crippen LogP contribution is -2.35. The topological polar surface area (TPSA) is 37.3 Å². The number of halogens is 3. The number of rotatable bonds is 4. The fraction of sp³-hybridized carbons (Fsp3) is 0.833. The van der Waals surface area contributed by atoms with Gasteiger partial charge in [0.1, 0.15) is 5.92 Å². The van der Waals surface area contributed by atoms with Crippen LogP contribution in [-0.4, -0.2) is 23.7 Å². The van der Waals surface area contributed by atoms with Crippen LogP contribution >= 0.6 is 0 Å². The van der Waals surface area contributed by atoms with Crippen LogP contribution in [0.3, 0.4) is 0 Å². The van der Waals surface area contributed by atoms with E-state index in [0.29, 0.717) is 0 Å². The van der Waals surface area contributed by atoms with Crippen molar-refractivity contribution < 1.29 is 23.1 Å². The fourth-order valence-corrected chi connectivity index (χ4v) is 0.747. The molecule has 0 heterocycles. The predicted molar refractivity (Wildman–Crippen MR) is 32.3 cm³/mol. The van der Waals surface area contributed by atoms with Crippen molar-refractivity contribution in [1.29, 1.82) is 0 Å². The van der Waals surface area contributed by atoms with Gasteiger partial charge in [-0.15, -0.1) is 0 Å². The van der Waals surface area contributed by atoms with Crippen LogP contribution in [-0.2, 0) is 4.79 Å². The lowest BCUT2D eigenvalue weighted by atomic mass is 10.00. The first-order chi connectivity index (χ1) is 4.95. The highest BCUT2D eigenvalue weighted by molar-refractivity contribution is 5.71. The molecule has 0 rings (SSSR count). The van der Waals surface area contributed by atoms with Gasteiger partial charge in [-0.05, 0) is 6.42 Å². The van der Waals surface area contributed by atoms with Crippen LogP contribution in [0.4, 0.5) is 13.2 Å². The second-order valence-corrected chi connectivity index (χ2v) is 2.19. The molecule has 1 unspecified atom stereocenters. The SMILES string of the molecule is CCC(C(=O)O)C(F)(F)CF. The van der Waals surface area contributed by atoms with Gasteiger partial charge in [-0.25, -0.2) is 13.2 Å². The number of carbonyl (C=O) groups is 1. The van der Waals surface area contributed by atoms with Gasteiger partial charge in [0.05, 0.1) is 0 Å². The van der Waals surface area contributed by atoms with E-state index >= 15 is 0 Å². The molecule has 0 aliphatic carbocycles. The molecule has 0 fully saturated rings. The molecule has 0 aliphatic heterocycles. The Morgan fingerprint density at radius 3 is 2.18 bits per heavy atom. The molecule has 1 atom stereocenters. The van der Waals surface area contributed by atoms with E-state index in [9.17, 15) is 18.0 Å². The first kappa shape index (κ1) is 10.3. The third-order valence-corrected chi connectivity index (χ3v) is 1.39. The lowest BCUT2D eigenvalue weighted by Gasteiger charge is -2.18. The molecule has 5 heteroatoms. The molecular formula is C6H9F3O2.